The van der Waals surface area contributed by atoms with E-state index in [1.807, 2.05) is 21.9 Å². The Balaban J connectivity index is 1.31. The van der Waals surface area contributed by atoms with E-state index in [0.717, 1.165) is 44.5 Å². The van der Waals surface area contributed by atoms with Crippen LogP contribution < -0.4 is 4.90 Å². The van der Waals surface area contributed by atoms with Crippen molar-refractivity contribution in [3.63, 3.8) is 0 Å². The fourth-order valence-electron chi connectivity index (χ4n) is 5.27. The highest BCUT2D eigenvalue weighted by molar-refractivity contribution is 6.00. The fraction of sp³-hybridized carbons (Fsp3) is 0.654. The smallest absolute Gasteiger partial charge is 0.228 e. The first kappa shape index (κ1) is 22.8. The van der Waals surface area contributed by atoms with Crippen LogP contribution in [0.15, 0.2) is 24.3 Å². The van der Waals surface area contributed by atoms with Gasteiger partial charge in [0.05, 0.1) is 5.92 Å². The third-order valence-electron chi connectivity index (χ3n) is 7.57. The summed E-state index contributed by atoms with van der Waals surface area (Å²) in [7, 11) is 0. The van der Waals surface area contributed by atoms with E-state index in [-0.39, 0.29) is 36.0 Å². The predicted molar refractivity (Wildman–Crippen MR) is 125 cm³/mol. The Morgan fingerprint density at radius 1 is 0.906 bits per heavy atom. The molecule has 0 N–H and O–H groups in total. The van der Waals surface area contributed by atoms with E-state index >= 15 is 0 Å². The SMILES string of the molecule is CC1CCN(C(=O)C2CCN(C(=O)C3CC(=O)N(c4cccc(C(C)C)c4)C3)CC2)CC1. The first-order chi connectivity index (χ1) is 15.3. The molecule has 0 aromatic heterocycles. The van der Waals surface area contributed by atoms with Crippen molar-refractivity contribution in [2.45, 2.75) is 58.8 Å². The van der Waals surface area contributed by atoms with Gasteiger partial charge in [0.15, 0.2) is 0 Å². The minimum Gasteiger partial charge on any atom is -0.342 e. The lowest BCUT2D eigenvalue weighted by Crippen LogP contribution is -2.47. The number of benzene rings is 1. The number of hydrogen-bond donors (Lipinski definition) is 0. The van der Waals surface area contributed by atoms with Gasteiger partial charge in [-0.15, -0.1) is 0 Å². The summed E-state index contributed by atoms with van der Waals surface area (Å²) >= 11 is 0. The number of piperidine rings is 2. The standard InChI is InChI=1S/C26H37N3O3/c1-18(2)21-5-4-6-23(15-21)29-17-22(16-24(29)30)26(32)28-13-9-20(10-14-28)25(31)27-11-7-19(3)8-12-27/h4-6,15,18-20,22H,7-14,16-17H2,1-3H3. The van der Waals surface area contributed by atoms with Crippen LogP contribution in [0.2, 0.25) is 0 Å². The zero-order chi connectivity index (χ0) is 22.8. The lowest BCUT2D eigenvalue weighted by molar-refractivity contribution is -0.143. The topological polar surface area (TPSA) is 60.9 Å². The van der Waals surface area contributed by atoms with Crippen molar-refractivity contribution in [1.82, 2.24) is 9.80 Å². The molecule has 32 heavy (non-hydrogen) atoms. The molecule has 174 valence electrons. The number of rotatable bonds is 4. The summed E-state index contributed by atoms with van der Waals surface area (Å²) in [6, 6.07) is 8.08. The van der Waals surface area contributed by atoms with Crippen molar-refractivity contribution in [1.29, 1.82) is 0 Å². The van der Waals surface area contributed by atoms with Crippen LogP contribution in [-0.2, 0) is 14.4 Å². The van der Waals surface area contributed by atoms with Crippen LogP contribution >= 0.6 is 0 Å². The summed E-state index contributed by atoms with van der Waals surface area (Å²) in [5, 5.41) is 0. The third kappa shape index (κ3) is 4.84. The van der Waals surface area contributed by atoms with Crippen LogP contribution in [0.25, 0.3) is 0 Å². The van der Waals surface area contributed by atoms with E-state index in [1.165, 1.54) is 5.56 Å². The van der Waals surface area contributed by atoms with Crippen LogP contribution in [0.3, 0.4) is 0 Å². The van der Waals surface area contributed by atoms with Crippen molar-refractivity contribution in [3.8, 4) is 0 Å². The predicted octanol–water partition coefficient (Wildman–Crippen LogP) is 3.66. The highest BCUT2D eigenvalue weighted by Crippen LogP contribution is 2.30. The number of carbonyl (C=O) groups is 3. The van der Waals surface area contributed by atoms with E-state index in [2.05, 4.69) is 32.9 Å². The van der Waals surface area contributed by atoms with Gasteiger partial charge in [-0.05, 0) is 55.2 Å². The molecule has 0 aliphatic carbocycles. The van der Waals surface area contributed by atoms with E-state index < -0.39 is 0 Å². The molecule has 3 saturated heterocycles. The maximum Gasteiger partial charge on any atom is 0.228 e. The molecule has 0 bridgehead atoms. The quantitative estimate of drug-likeness (QED) is 0.719. The second-order valence-electron chi connectivity index (χ2n) is 10.3. The second-order valence-corrected chi connectivity index (χ2v) is 10.3. The monoisotopic (exact) mass is 439 g/mol. The molecule has 1 aromatic rings. The van der Waals surface area contributed by atoms with Crippen molar-refractivity contribution in [3.05, 3.63) is 29.8 Å². The summed E-state index contributed by atoms with van der Waals surface area (Å²) in [5.41, 5.74) is 2.08. The molecule has 1 atom stereocenters. The Bertz CT molecular complexity index is 852. The van der Waals surface area contributed by atoms with Gasteiger partial charge in [-0.2, -0.15) is 0 Å². The van der Waals surface area contributed by atoms with Crippen molar-refractivity contribution < 1.29 is 14.4 Å². The maximum atomic E-state index is 13.2. The highest BCUT2D eigenvalue weighted by atomic mass is 16.2. The van der Waals surface area contributed by atoms with Crippen LogP contribution in [-0.4, -0.2) is 60.2 Å². The zero-order valence-corrected chi connectivity index (χ0v) is 19.8. The molecule has 4 rings (SSSR count). The molecule has 3 amide bonds. The summed E-state index contributed by atoms with van der Waals surface area (Å²) in [5.74, 6) is 1.21. The van der Waals surface area contributed by atoms with E-state index in [4.69, 9.17) is 0 Å². The fourth-order valence-corrected chi connectivity index (χ4v) is 5.27. The molecule has 6 nitrogen and oxygen atoms in total. The van der Waals surface area contributed by atoms with Crippen molar-refractivity contribution in [2.75, 3.05) is 37.6 Å². The number of hydrogen-bond acceptors (Lipinski definition) is 3. The Labute approximate surface area is 191 Å². The van der Waals surface area contributed by atoms with Gasteiger partial charge < -0.3 is 14.7 Å². The Hall–Kier alpha value is -2.37. The molecule has 3 fully saturated rings. The van der Waals surface area contributed by atoms with Crippen molar-refractivity contribution >= 4 is 23.4 Å². The van der Waals surface area contributed by atoms with Crippen molar-refractivity contribution in [2.24, 2.45) is 17.8 Å². The summed E-state index contributed by atoms with van der Waals surface area (Å²) < 4.78 is 0. The number of amides is 3. The largest absolute Gasteiger partial charge is 0.342 e. The number of nitrogens with zero attached hydrogens (tertiary/aromatic N) is 3. The van der Waals surface area contributed by atoms with Gasteiger partial charge in [0.1, 0.15) is 0 Å². The molecular formula is C26H37N3O3. The summed E-state index contributed by atoms with van der Waals surface area (Å²) in [4.78, 5) is 44.4. The Morgan fingerprint density at radius 2 is 1.50 bits per heavy atom. The average Bonchev–Trinajstić information content (AvgIpc) is 3.20. The molecule has 6 heteroatoms. The molecule has 0 radical (unpaired) electrons. The van der Waals surface area contributed by atoms with Gasteiger partial charge in [0.2, 0.25) is 17.7 Å². The molecule has 1 unspecified atom stereocenters. The minimum absolute atomic E-state index is 0.0219. The summed E-state index contributed by atoms with van der Waals surface area (Å²) in [6.45, 7) is 9.95. The molecule has 3 aliphatic rings. The lowest BCUT2D eigenvalue weighted by Gasteiger charge is -2.37. The molecule has 3 heterocycles. The highest BCUT2D eigenvalue weighted by Gasteiger charge is 2.39. The molecular weight excluding hydrogens is 402 g/mol. The Kier molecular flexibility index (Phi) is 6.87. The van der Waals surface area contributed by atoms with Gasteiger partial charge in [0.25, 0.3) is 0 Å². The van der Waals surface area contributed by atoms with Gasteiger partial charge in [-0.3, -0.25) is 14.4 Å². The molecule has 1 aromatic carbocycles. The normalized spacial score (nSPS) is 23.3. The third-order valence-corrected chi connectivity index (χ3v) is 7.57. The average molecular weight is 440 g/mol. The maximum absolute atomic E-state index is 13.2. The van der Waals surface area contributed by atoms with Crippen LogP contribution in [0.1, 0.15) is 64.4 Å². The Morgan fingerprint density at radius 3 is 2.12 bits per heavy atom. The van der Waals surface area contributed by atoms with Gasteiger partial charge in [-0.25, -0.2) is 0 Å². The van der Waals surface area contributed by atoms with Gasteiger partial charge >= 0.3 is 0 Å². The molecule has 3 aliphatic heterocycles. The second kappa shape index (κ2) is 9.63. The summed E-state index contributed by atoms with van der Waals surface area (Å²) in [6.07, 6.45) is 3.93. The molecule has 0 saturated carbocycles. The van der Waals surface area contributed by atoms with Crippen LogP contribution in [0.4, 0.5) is 5.69 Å². The zero-order valence-electron chi connectivity index (χ0n) is 19.8. The minimum atomic E-state index is -0.291. The first-order valence-corrected chi connectivity index (χ1v) is 12.3. The first-order valence-electron chi connectivity index (χ1n) is 12.3. The number of anilines is 1. The van der Waals surface area contributed by atoms with Crippen LogP contribution in [0.5, 0.6) is 0 Å². The number of likely N-dealkylation sites (tertiary alicyclic amines) is 2. The van der Waals surface area contributed by atoms with Crippen LogP contribution in [0, 0.1) is 17.8 Å². The van der Waals surface area contributed by atoms with E-state index in [0.29, 0.717) is 31.5 Å². The molecule has 0 spiro atoms. The van der Waals surface area contributed by atoms with E-state index in [1.54, 1.807) is 4.90 Å². The van der Waals surface area contributed by atoms with Gasteiger partial charge in [-0.1, -0.05) is 32.9 Å². The van der Waals surface area contributed by atoms with Gasteiger partial charge in [0, 0.05) is 50.7 Å². The van der Waals surface area contributed by atoms with E-state index in [9.17, 15) is 14.4 Å². The number of carbonyl (C=O) groups excluding carboxylic acids is 3. The lowest BCUT2D eigenvalue weighted by atomic mass is 9.92.